The van der Waals surface area contributed by atoms with Gasteiger partial charge in [-0.05, 0) is 36.8 Å². The molecule has 0 unspecified atom stereocenters. The second kappa shape index (κ2) is 8.69. The Labute approximate surface area is 184 Å². The van der Waals surface area contributed by atoms with Gasteiger partial charge in [0.15, 0.2) is 11.6 Å². The summed E-state index contributed by atoms with van der Waals surface area (Å²) in [5, 5.41) is 11.8. The van der Waals surface area contributed by atoms with E-state index in [1.165, 1.54) is 6.20 Å². The van der Waals surface area contributed by atoms with Crippen LogP contribution in [0.4, 0.5) is 0 Å². The van der Waals surface area contributed by atoms with E-state index in [0.29, 0.717) is 45.9 Å². The summed E-state index contributed by atoms with van der Waals surface area (Å²) in [6.45, 7) is 6.20. The van der Waals surface area contributed by atoms with Gasteiger partial charge in [0.05, 0.1) is 23.0 Å². The first-order valence-corrected chi connectivity index (χ1v) is 10.2. The van der Waals surface area contributed by atoms with Crippen molar-refractivity contribution in [1.29, 1.82) is 0 Å². The summed E-state index contributed by atoms with van der Waals surface area (Å²) in [5.74, 6) is 1.61. The predicted octanol–water partition coefficient (Wildman–Crippen LogP) is 4.33. The molecule has 1 N–H and O–H groups in total. The molecule has 0 aliphatic carbocycles. The number of amides is 1. The Morgan fingerprint density at radius 3 is 2.74 bits per heavy atom. The number of benzene rings is 1. The van der Waals surface area contributed by atoms with Crippen LogP contribution in [0.15, 0.2) is 53.3 Å². The van der Waals surface area contributed by atoms with Crippen LogP contribution < -0.4 is 5.32 Å². The highest BCUT2D eigenvalue weighted by atomic mass is 35.5. The maximum absolute atomic E-state index is 12.6. The molecular formula is C22H21ClN6O2. The Morgan fingerprint density at radius 2 is 2.06 bits per heavy atom. The molecular weight excluding hydrogens is 416 g/mol. The van der Waals surface area contributed by atoms with E-state index in [1.807, 2.05) is 45.0 Å². The molecule has 0 bridgehead atoms. The lowest BCUT2D eigenvalue weighted by Gasteiger charge is -2.07. The maximum atomic E-state index is 12.6. The second-order valence-electron chi connectivity index (χ2n) is 7.39. The molecule has 4 aromatic rings. The zero-order chi connectivity index (χ0) is 22.0. The van der Waals surface area contributed by atoms with E-state index in [0.717, 1.165) is 5.56 Å². The van der Waals surface area contributed by atoms with Crippen LogP contribution in [0.2, 0.25) is 5.02 Å². The fourth-order valence-corrected chi connectivity index (χ4v) is 3.23. The lowest BCUT2D eigenvalue weighted by Crippen LogP contribution is -2.23. The molecule has 0 spiro atoms. The van der Waals surface area contributed by atoms with Crippen LogP contribution in [0.25, 0.3) is 17.3 Å². The summed E-state index contributed by atoms with van der Waals surface area (Å²) < 4.78 is 6.92. The van der Waals surface area contributed by atoms with E-state index < -0.39 is 0 Å². The average Bonchev–Trinajstić information content (AvgIpc) is 3.40. The summed E-state index contributed by atoms with van der Waals surface area (Å²) in [7, 11) is 0. The number of hydrogen-bond donors (Lipinski definition) is 1. The molecule has 0 saturated heterocycles. The maximum Gasteiger partial charge on any atom is 0.259 e. The highest BCUT2D eigenvalue weighted by Crippen LogP contribution is 2.21. The third kappa shape index (κ3) is 4.49. The van der Waals surface area contributed by atoms with Gasteiger partial charge in [0.1, 0.15) is 0 Å². The van der Waals surface area contributed by atoms with Crippen molar-refractivity contribution in [3.8, 4) is 17.3 Å². The van der Waals surface area contributed by atoms with Gasteiger partial charge in [-0.25, -0.2) is 9.67 Å². The fourth-order valence-electron chi connectivity index (χ4n) is 3.01. The third-order valence-corrected chi connectivity index (χ3v) is 5.00. The Bertz CT molecular complexity index is 1210. The first kappa shape index (κ1) is 20.7. The lowest BCUT2D eigenvalue weighted by atomic mass is 10.2. The van der Waals surface area contributed by atoms with E-state index in [-0.39, 0.29) is 11.8 Å². The molecule has 1 amide bonds. The van der Waals surface area contributed by atoms with Crippen molar-refractivity contribution in [2.75, 3.05) is 0 Å². The summed E-state index contributed by atoms with van der Waals surface area (Å²) in [5.41, 5.74) is 2.80. The Balaban J connectivity index is 1.48. The van der Waals surface area contributed by atoms with E-state index in [9.17, 15) is 4.79 Å². The molecule has 31 heavy (non-hydrogen) atoms. The summed E-state index contributed by atoms with van der Waals surface area (Å²) in [4.78, 5) is 21.4. The minimum Gasteiger partial charge on any atom is -0.348 e. The molecule has 3 aromatic heterocycles. The predicted molar refractivity (Wildman–Crippen MR) is 116 cm³/mol. The quantitative estimate of drug-likeness (QED) is 0.483. The molecule has 9 heteroatoms. The van der Waals surface area contributed by atoms with Gasteiger partial charge >= 0.3 is 0 Å². The van der Waals surface area contributed by atoms with Crippen molar-refractivity contribution >= 4 is 17.5 Å². The van der Waals surface area contributed by atoms with E-state index in [2.05, 4.69) is 25.5 Å². The first-order valence-electron chi connectivity index (χ1n) is 9.80. The number of rotatable bonds is 6. The van der Waals surface area contributed by atoms with Crippen molar-refractivity contribution in [2.45, 2.75) is 33.2 Å². The number of aromatic nitrogens is 5. The number of halogens is 1. The summed E-state index contributed by atoms with van der Waals surface area (Å²) in [6, 6.07) is 11.0. The number of carbonyl (C=O) groups excluding carboxylic acids is 1. The largest absolute Gasteiger partial charge is 0.348 e. The molecule has 4 rings (SSSR count). The van der Waals surface area contributed by atoms with Gasteiger partial charge in [-0.15, -0.1) is 0 Å². The molecule has 0 atom stereocenters. The molecule has 0 fully saturated rings. The number of pyridine rings is 1. The normalized spacial score (nSPS) is 11.1. The van der Waals surface area contributed by atoms with Crippen molar-refractivity contribution < 1.29 is 9.32 Å². The van der Waals surface area contributed by atoms with Gasteiger partial charge < -0.3 is 9.84 Å². The van der Waals surface area contributed by atoms with Crippen LogP contribution in [-0.4, -0.2) is 30.8 Å². The summed E-state index contributed by atoms with van der Waals surface area (Å²) >= 11 is 5.99. The molecule has 1 aromatic carbocycles. The van der Waals surface area contributed by atoms with Crippen LogP contribution in [0, 0.1) is 6.92 Å². The SMILES string of the molecule is Cc1c(C(=O)NCc2cccc(Cl)c2)cnn1-c1ccc(-c2nc(C(C)C)no2)cn1. The van der Waals surface area contributed by atoms with Gasteiger partial charge in [-0.1, -0.05) is 42.7 Å². The molecule has 0 radical (unpaired) electrons. The van der Waals surface area contributed by atoms with Gasteiger partial charge in [0, 0.05) is 23.7 Å². The van der Waals surface area contributed by atoms with E-state index in [4.69, 9.17) is 16.1 Å². The molecule has 3 heterocycles. The first-order chi connectivity index (χ1) is 14.9. The van der Waals surface area contributed by atoms with Crippen LogP contribution >= 0.6 is 11.6 Å². The molecule has 158 valence electrons. The molecule has 0 aliphatic rings. The lowest BCUT2D eigenvalue weighted by molar-refractivity contribution is 0.0950. The van der Waals surface area contributed by atoms with Crippen LogP contribution in [0.1, 0.15) is 47.2 Å². The summed E-state index contributed by atoms with van der Waals surface area (Å²) in [6.07, 6.45) is 3.18. The van der Waals surface area contributed by atoms with E-state index >= 15 is 0 Å². The van der Waals surface area contributed by atoms with Crippen LogP contribution in [0.3, 0.4) is 0 Å². The van der Waals surface area contributed by atoms with E-state index in [1.54, 1.807) is 23.0 Å². The van der Waals surface area contributed by atoms with Crippen molar-refractivity contribution in [3.63, 3.8) is 0 Å². The van der Waals surface area contributed by atoms with Gasteiger partial charge in [0.25, 0.3) is 11.8 Å². The fraction of sp³-hybridized carbons (Fsp3) is 0.227. The highest BCUT2D eigenvalue weighted by Gasteiger charge is 2.17. The number of hydrogen-bond acceptors (Lipinski definition) is 6. The molecule has 0 saturated carbocycles. The van der Waals surface area contributed by atoms with Crippen molar-refractivity contribution in [3.05, 3.63) is 76.5 Å². The van der Waals surface area contributed by atoms with Crippen molar-refractivity contribution in [1.82, 2.24) is 30.2 Å². The monoisotopic (exact) mass is 436 g/mol. The van der Waals surface area contributed by atoms with Gasteiger partial charge in [0.2, 0.25) is 0 Å². The van der Waals surface area contributed by atoms with Gasteiger partial charge in [-0.3, -0.25) is 4.79 Å². The van der Waals surface area contributed by atoms with Crippen LogP contribution in [0.5, 0.6) is 0 Å². The van der Waals surface area contributed by atoms with Gasteiger partial charge in [-0.2, -0.15) is 10.1 Å². The Morgan fingerprint density at radius 1 is 1.23 bits per heavy atom. The zero-order valence-corrected chi connectivity index (χ0v) is 18.1. The number of nitrogens with one attached hydrogen (secondary N) is 1. The molecule has 0 aliphatic heterocycles. The Kier molecular flexibility index (Phi) is 5.81. The standard InChI is InChI=1S/C22H21ClN6O2/c1-13(2)20-27-22(31-28-20)16-7-8-19(24-11-16)29-14(3)18(12-26-29)21(30)25-10-15-5-4-6-17(23)9-15/h4-9,11-13H,10H2,1-3H3,(H,25,30). The second-order valence-corrected chi connectivity index (χ2v) is 7.82. The highest BCUT2D eigenvalue weighted by molar-refractivity contribution is 6.30. The topological polar surface area (TPSA) is 98.7 Å². The zero-order valence-electron chi connectivity index (χ0n) is 17.3. The average molecular weight is 437 g/mol. The number of nitrogens with zero attached hydrogens (tertiary/aromatic N) is 5. The van der Waals surface area contributed by atoms with Crippen LogP contribution in [-0.2, 0) is 6.54 Å². The number of carbonyl (C=O) groups is 1. The Hall–Kier alpha value is -3.52. The van der Waals surface area contributed by atoms with Crippen molar-refractivity contribution in [2.24, 2.45) is 0 Å². The minimum atomic E-state index is -0.215. The third-order valence-electron chi connectivity index (χ3n) is 4.77. The molecule has 8 nitrogen and oxygen atoms in total. The minimum absolute atomic E-state index is 0.180. The smallest absolute Gasteiger partial charge is 0.259 e.